The highest BCUT2D eigenvalue weighted by Gasteiger charge is 2.05. The van der Waals surface area contributed by atoms with Crippen LogP contribution < -0.4 is 10.6 Å². The lowest BCUT2D eigenvalue weighted by molar-refractivity contribution is -0.120. The molecule has 0 aromatic carbocycles. The number of imidazole rings is 1. The quantitative estimate of drug-likeness (QED) is 0.687. The maximum Gasteiger partial charge on any atom is 0.233 e. The number of rotatable bonds is 6. The lowest BCUT2D eigenvalue weighted by Crippen LogP contribution is -2.35. The van der Waals surface area contributed by atoms with Gasteiger partial charge in [0.2, 0.25) is 5.91 Å². The summed E-state index contributed by atoms with van der Waals surface area (Å²) in [6, 6.07) is 0. The SMILES string of the molecule is CNCC(=O)NCC(C)Cn1ccnc1. The third-order valence-corrected chi connectivity index (χ3v) is 2.07. The molecule has 15 heavy (non-hydrogen) atoms. The molecule has 1 heterocycles. The summed E-state index contributed by atoms with van der Waals surface area (Å²) >= 11 is 0. The molecule has 0 spiro atoms. The molecule has 0 aliphatic heterocycles. The van der Waals surface area contributed by atoms with Crippen molar-refractivity contribution in [1.29, 1.82) is 0 Å². The molecule has 5 heteroatoms. The van der Waals surface area contributed by atoms with Gasteiger partial charge in [-0.1, -0.05) is 6.92 Å². The fraction of sp³-hybridized carbons (Fsp3) is 0.600. The number of carbonyl (C=O) groups is 1. The third kappa shape index (κ3) is 4.60. The van der Waals surface area contributed by atoms with Crippen LogP contribution in [-0.4, -0.2) is 35.6 Å². The zero-order chi connectivity index (χ0) is 11.1. The molecule has 5 nitrogen and oxygen atoms in total. The molecule has 84 valence electrons. The van der Waals surface area contributed by atoms with Crippen LogP contribution in [0.4, 0.5) is 0 Å². The lowest BCUT2D eigenvalue weighted by atomic mass is 10.2. The van der Waals surface area contributed by atoms with Crippen molar-refractivity contribution in [2.24, 2.45) is 5.92 Å². The van der Waals surface area contributed by atoms with E-state index in [1.54, 1.807) is 19.6 Å². The first-order valence-electron chi connectivity index (χ1n) is 5.09. The average molecular weight is 210 g/mol. The van der Waals surface area contributed by atoms with Crippen molar-refractivity contribution in [2.45, 2.75) is 13.5 Å². The molecule has 0 saturated carbocycles. The second kappa shape index (κ2) is 6.19. The Kier molecular flexibility index (Phi) is 4.83. The molecule has 0 bridgehead atoms. The van der Waals surface area contributed by atoms with Crippen LogP contribution >= 0.6 is 0 Å². The minimum absolute atomic E-state index is 0.0370. The van der Waals surface area contributed by atoms with E-state index < -0.39 is 0 Å². The predicted molar refractivity (Wildman–Crippen MR) is 58.3 cm³/mol. The molecule has 0 fully saturated rings. The van der Waals surface area contributed by atoms with Crippen molar-refractivity contribution in [2.75, 3.05) is 20.1 Å². The summed E-state index contributed by atoms with van der Waals surface area (Å²) in [6.45, 7) is 4.04. The molecular formula is C10H18N4O. The van der Waals surface area contributed by atoms with Crippen LogP contribution in [0.15, 0.2) is 18.7 Å². The zero-order valence-electron chi connectivity index (χ0n) is 9.23. The molecule has 0 saturated heterocycles. The van der Waals surface area contributed by atoms with Crippen LogP contribution in [0.25, 0.3) is 0 Å². The Bertz CT molecular complexity index is 284. The third-order valence-electron chi connectivity index (χ3n) is 2.07. The summed E-state index contributed by atoms with van der Waals surface area (Å²) < 4.78 is 2.01. The summed E-state index contributed by atoms with van der Waals surface area (Å²) in [7, 11) is 1.76. The number of nitrogens with one attached hydrogen (secondary N) is 2. The maximum atomic E-state index is 11.2. The predicted octanol–water partition coefficient (Wildman–Crippen LogP) is -0.145. The number of amides is 1. The van der Waals surface area contributed by atoms with Crippen molar-refractivity contribution in [3.63, 3.8) is 0 Å². The van der Waals surface area contributed by atoms with Gasteiger partial charge >= 0.3 is 0 Å². The highest BCUT2D eigenvalue weighted by Crippen LogP contribution is 1.98. The first-order valence-corrected chi connectivity index (χ1v) is 5.09. The van der Waals surface area contributed by atoms with Gasteiger partial charge in [0.15, 0.2) is 0 Å². The number of nitrogens with zero attached hydrogens (tertiary/aromatic N) is 2. The minimum atomic E-state index is 0.0370. The second-order valence-corrected chi connectivity index (χ2v) is 3.70. The monoisotopic (exact) mass is 210 g/mol. The van der Waals surface area contributed by atoms with Gasteiger partial charge in [0.1, 0.15) is 0 Å². The lowest BCUT2D eigenvalue weighted by Gasteiger charge is -2.12. The molecular weight excluding hydrogens is 192 g/mol. The van der Waals surface area contributed by atoms with Crippen molar-refractivity contribution >= 4 is 5.91 Å². The van der Waals surface area contributed by atoms with E-state index in [0.717, 1.165) is 6.54 Å². The van der Waals surface area contributed by atoms with Crippen LogP contribution in [0.3, 0.4) is 0 Å². The number of carbonyl (C=O) groups excluding carboxylic acids is 1. The molecule has 1 aromatic heterocycles. The molecule has 2 N–H and O–H groups in total. The Hall–Kier alpha value is -1.36. The second-order valence-electron chi connectivity index (χ2n) is 3.70. The van der Waals surface area contributed by atoms with Crippen LogP contribution in [0.5, 0.6) is 0 Å². The Labute approximate surface area is 89.9 Å². The number of hydrogen-bond acceptors (Lipinski definition) is 3. The van der Waals surface area contributed by atoms with Gasteiger partial charge < -0.3 is 15.2 Å². The molecule has 0 aliphatic carbocycles. The van der Waals surface area contributed by atoms with E-state index in [1.807, 2.05) is 10.8 Å². The topological polar surface area (TPSA) is 59.0 Å². The fourth-order valence-corrected chi connectivity index (χ4v) is 1.33. The van der Waals surface area contributed by atoms with Crippen molar-refractivity contribution in [1.82, 2.24) is 20.2 Å². The molecule has 1 unspecified atom stereocenters. The van der Waals surface area contributed by atoms with E-state index >= 15 is 0 Å². The molecule has 0 radical (unpaired) electrons. The van der Waals surface area contributed by atoms with Gasteiger partial charge in [0.05, 0.1) is 12.9 Å². The van der Waals surface area contributed by atoms with Crippen molar-refractivity contribution in [3.05, 3.63) is 18.7 Å². The van der Waals surface area contributed by atoms with Crippen LogP contribution in [0.1, 0.15) is 6.92 Å². The summed E-state index contributed by atoms with van der Waals surface area (Å²) in [4.78, 5) is 15.1. The number of aromatic nitrogens is 2. The van der Waals surface area contributed by atoms with E-state index in [-0.39, 0.29) is 5.91 Å². The fourth-order valence-electron chi connectivity index (χ4n) is 1.33. The van der Waals surface area contributed by atoms with Gasteiger partial charge in [0.25, 0.3) is 0 Å². The Balaban J connectivity index is 2.19. The largest absolute Gasteiger partial charge is 0.355 e. The van der Waals surface area contributed by atoms with Crippen LogP contribution in [0, 0.1) is 5.92 Å². The van der Waals surface area contributed by atoms with Gasteiger partial charge in [0, 0.05) is 25.5 Å². The summed E-state index contributed by atoms with van der Waals surface area (Å²) in [5, 5.41) is 5.67. The van der Waals surface area contributed by atoms with Crippen LogP contribution in [-0.2, 0) is 11.3 Å². The van der Waals surface area contributed by atoms with Crippen LogP contribution in [0.2, 0.25) is 0 Å². The first kappa shape index (κ1) is 11.7. The minimum Gasteiger partial charge on any atom is -0.355 e. The highest BCUT2D eigenvalue weighted by atomic mass is 16.1. The highest BCUT2D eigenvalue weighted by molar-refractivity contribution is 5.77. The Morgan fingerprint density at radius 1 is 1.60 bits per heavy atom. The van der Waals surface area contributed by atoms with E-state index in [4.69, 9.17) is 0 Å². The Morgan fingerprint density at radius 3 is 3.00 bits per heavy atom. The first-order chi connectivity index (χ1) is 7.22. The van der Waals surface area contributed by atoms with Gasteiger partial charge in [-0.15, -0.1) is 0 Å². The van der Waals surface area contributed by atoms with E-state index in [2.05, 4.69) is 22.5 Å². The van der Waals surface area contributed by atoms with Crippen molar-refractivity contribution in [3.8, 4) is 0 Å². The average Bonchev–Trinajstić information content (AvgIpc) is 2.68. The number of hydrogen-bond donors (Lipinski definition) is 2. The molecule has 1 atom stereocenters. The maximum absolute atomic E-state index is 11.2. The van der Waals surface area contributed by atoms with Gasteiger partial charge in [-0.3, -0.25) is 4.79 Å². The van der Waals surface area contributed by atoms with Gasteiger partial charge in [-0.25, -0.2) is 4.98 Å². The standard InChI is InChI=1S/C10H18N4O/c1-9(5-13-10(15)6-11-2)7-14-4-3-12-8-14/h3-4,8-9,11H,5-7H2,1-2H3,(H,13,15). The summed E-state index contributed by atoms with van der Waals surface area (Å²) in [5.41, 5.74) is 0. The summed E-state index contributed by atoms with van der Waals surface area (Å²) in [5.74, 6) is 0.440. The smallest absolute Gasteiger partial charge is 0.233 e. The zero-order valence-corrected chi connectivity index (χ0v) is 9.23. The van der Waals surface area contributed by atoms with E-state index in [0.29, 0.717) is 19.0 Å². The molecule has 0 aliphatic rings. The van der Waals surface area contributed by atoms with E-state index in [9.17, 15) is 4.79 Å². The van der Waals surface area contributed by atoms with Gasteiger partial charge in [-0.2, -0.15) is 0 Å². The molecule has 1 amide bonds. The normalized spacial score (nSPS) is 12.4. The molecule has 1 rings (SSSR count). The van der Waals surface area contributed by atoms with Gasteiger partial charge in [-0.05, 0) is 13.0 Å². The number of likely N-dealkylation sites (N-methyl/N-ethyl adjacent to an activating group) is 1. The van der Waals surface area contributed by atoms with Crippen molar-refractivity contribution < 1.29 is 4.79 Å². The van der Waals surface area contributed by atoms with E-state index in [1.165, 1.54) is 0 Å². The Morgan fingerprint density at radius 2 is 2.40 bits per heavy atom. The molecule has 1 aromatic rings. The summed E-state index contributed by atoms with van der Waals surface area (Å²) in [6.07, 6.45) is 5.46.